The van der Waals surface area contributed by atoms with Gasteiger partial charge in [-0.1, -0.05) is 42.5 Å². The standard InChI is InChI=1S/C23H24FN3O/c24-22-8-6-20(7-9-22)16-26-17-21(15-25)23(28)27-12-10-19(11-13-27)14-18-4-2-1-3-5-18/h1-9,17,19,26H,10-14,16H2/b21-17-. The molecule has 4 nitrogen and oxygen atoms in total. The predicted molar refractivity (Wildman–Crippen MR) is 106 cm³/mol. The van der Waals surface area contributed by atoms with E-state index in [-0.39, 0.29) is 17.3 Å². The lowest BCUT2D eigenvalue weighted by Crippen LogP contribution is -2.39. The maximum Gasteiger partial charge on any atom is 0.265 e. The molecule has 1 aliphatic heterocycles. The molecule has 0 atom stereocenters. The second kappa shape index (κ2) is 9.70. The lowest BCUT2D eigenvalue weighted by atomic mass is 9.90. The van der Waals surface area contributed by atoms with Crippen molar-refractivity contribution in [3.8, 4) is 6.07 Å². The summed E-state index contributed by atoms with van der Waals surface area (Å²) < 4.78 is 12.9. The van der Waals surface area contributed by atoms with Crippen molar-refractivity contribution in [3.63, 3.8) is 0 Å². The van der Waals surface area contributed by atoms with Gasteiger partial charge in [0.2, 0.25) is 0 Å². The molecule has 1 amide bonds. The highest BCUT2D eigenvalue weighted by molar-refractivity contribution is 5.97. The molecule has 0 aromatic heterocycles. The minimum absolute atomic E-state index is 0.101. The number of rotatable bonds is 6. The smallest absolute Gasteiger partial charge is 0.265 e. The third-order valence-electron chi connectivity index (χ3n) is 5.09. The largest absolute Gasteiger partial charge is 0.386 e. The van der Waals surface area contributed by atoms with Crippen LogP contribution in [-0.4, -0.2) is 23.9 Å². The molecule has 1 aliphatic rings. The summed E-state index contributed by atoms with van der Waals surface area (Å²) in [4.78, 5) is 14.4. The van der Waals surface area contributed by atoms with Gasteiger partial charge in [0, 0.05) is 25.8 Å². The Kier molecular flexibility index (Phi) is 6.80. The number of nitrogens with one attached hydrogen (secondary N) is 1. The van der Waals surface area contributed by atoms with E-state index in [1.54, 1.807) is 17.0 Å². The van der Waals surface area contributed by atoms with Crippen LogP contribution in [0.25, 0.3) is 0 Å². The van der Waals surface area contributed by atoms with Gasteiger partial charge in [-0.15, -0.1) is 0 Å². The number of hydrogen-bond donors (Lipinski definition) is 1. The molecule has 0 aliphatic carbocycles. The number of amides is 1. The summed E-state index contributed by atoms with van der Waals surface area (Å²) in [6, 6.07) is 18.5. The van der Waals surface area contributed by atoms with E-state index in [0.29, 0.717) is 25.6 Å². The van der Waals surface area contributed by atoms with Crippen LogP contribution in [0.5, 0.6) is 0 Å². The predicted octanol–water partition coefficient (Wildman–Crippen LogP) is 3.80. The van der Waals surface area contributed by atoms with Gasteiger partial charge in [-0.2, -0.15) is 5.26 Å². The van der Waals surface area contributed by atoms with Gasteiger partial charge in [0.1, 0.15) is 17.5 Å². The van der Waals surface area contributed by atoms with E-state index in [4.69, 9.17) is 0 Å². The normalized spacial score (nSPS) is 15.1. The molecule has 0 saturated carbocycles. The fourth-order valence-electron chi connectivity index (χ4n) is 3.47. The number of benzene rings is 2. The molecule has 5 heteroatoms. The summed E-state index contributed by atoms with van der Waals surface area (Å²) in [6.45, 7) is 1.78. The van der Waals surface area contributed by atoms with Crippen LogP contribution in [0.3, 0.4) is 0 Å². The average molecular weight is 377 g/mol. The summed E-state index contributed by atoms with van der Waals surface area (Å²) in [5.41, 5.74) is 2.31. The van der Waals surface area contributed by atoms with Crippen LogP contribution in [0, 0.1) is 23.1 Å². The Bertz CT molecular complexity index is 848. The van der Waals surface area contributed by atoms with E-state index >= 15 is 0 Å². The van der Waals surface area contributed by atoms with Crippen molar-refractivity contribution in [1.82, 2.24) is 10.2 Å². The SMILES string of the molecule is N#C/C(=C/NCc1ccc(F)cc1)C(=O)N1CCC(Cc2ccccc2)CC1. The highest BCUT2D eigenvalue weighted by Crippen LogP contribution is 2.22. The van der Waals surface area contributed by atoms with Crippen LogP contribution in [-0.2, 0) is 17.8 Å². The number of hydrogen-bond acceptors (Lipinski definition) is 3. The first-order valence-electron chi connectivity index (χ1n) is 9.57. The maximum absolute atomic E-state index is 12.9. The topological polar surface area (TPSA) is 56.1 Å². The van der Waals surface area contributed by atoms with E-state index in [9.17, 15) is 14.4 Å². The van der Waals surface area contributed by atoms with Gasteiger partial charge in [-0.25, -0.2) is 4.39 Å². The molecule has 1 N–H and O–H groups in total. The van der Waals surface area contributed by atoms with Crippen LogP contribution in [0.4, 0.5) is 4.39 Å². The molecule has 1 fully saturated rings. The molecule has 1 saturated heterocycles. The molecular formula is C23H24FN3O. The Morgan fingerprint density at radius 2 is 1.79 bits per heavy atom. The molecule has 144 valence electrons. The number of likely N-dealkylation sites (tertiary alicyclic amines) is 1. The van der Waals surface area contributed by atoms with E-state index in [0.717, 1.165) is 24.8 Å². The second-order valence-corrected chi connectivity index (χ2v) is 7.10. The fraction of sp³-hybridized carbons (Fsp3) is 0.304. The van der Waals surface area contributed by atoms with Crippen molar-refractivity contribution in [2.75, 3.05) is 13.1 Å². The molecule has 28 heavy (non-hydrogen) atoms. The Hall–Kier alpha value is -3.13. The van der Waals surface area contributed by atoms with Crippen LogP contribution < -0.4 is 5.32 Å². The van der Waals surface area contributed by atoms with Crippen molar-refractivity contribution >= 4 is 5.91 Å². The first-order valence-corrected chi connectivity index (χ1v) is 9.57. The summed E-state index contributed by atoms with van der Waals surface area (Å²) in [5, 5.41) is 12.3. The summed E-state index contributed by atoms with van der Waals surface area (Å²) in [7, 11) is 0. The Morgan fingerprint density at radius 1 is 1.11 bits per heavy atom. The summed E-state index contributed by atoms with van der Waals surface area (Å²) in [5.74, 6) is 0.0488. The zero-order chi connectivity index (χ0) is 19.8. The van der Waals surface area contributed by atoms with E-state index in [1.807, 2.05) is 12.1 Å². The lowest BCUT2D eigenvalue weighted by Gasteiger charge is -2.32. The highest BCUT2D eigenvalue weighted by Gasteiger charge is 2.25. The molecule has 1 heterocycles. The molecule has 0 bridgehead atoms. The van der Waals surface area contributed by atoms with Crippen molar-refractivity contribution in [2.45, 2.75) is 25.8 Å². The van der Waals surface area contributed by atoms with E-state index in [2.05, 4.69) is 29.6 Å². The van der Waals surface area contributed by atoms with Crippen molar-refractivity contribution in [3.05, 3.63) is 83.3 Å². The number of halogens is 1. The molecule has 0 radical (unpaired) electrons. The molecule has 0 unspecified atom stereocenters. The first-order chi connectivity index (χ1) is 13.7. The molecule has 0 spiro atoms. The van der Waals surface area contributed by atoms with Crippen LogP contribution in [0.15, 0.2) is 66.4 Å². The molecule has 2 aromatic rings. The zero-order valence-electron chi connectivity index (χ0n) is 15.8. The highest BCUT2D eigenvalue weighted by atomic mass is 19.1. The number of carbonyl (C=O) groups excluding carboxylic acids is 1. The summed E-state index contributed by atoms with van der Waals surface area (Å²) in [6.07, 6.45) is 4.38. The minimum atomic E-state index is -0.289. The van der Waals surface area contributed by atoms with Crippen LogP contribution in [0.1, 0.15) is 24.0 Å². The van der Waals surface area contributed by atoms with Gasteiger partial charge < -0.3 is 10.2 Å². The van der Waals surface area contributed by atoms with Crippen LogP contribution in [0.2, 0.25) is 0 Å². The minimum Gasteiger partial charge on any atom is -0.386 e. The molecular weight excluding hydrogens is 353 g/mol. The maximum atomic E-state index is 12.9. The van der Waals surface area contributed by atoms with Gasteiger partial charge in [0.25, 0.3) is 5.91 Å². The Balaban J connectivity index is 1.49. The Morgan fingerprint density at radius 3 is 2.43 bits per heavy atom. The van der Waals surface area contributed by atoms with E-state index in [1.165, 1.54) is 23.9 Å². The average Bonchev–Trinajstić information content (AvgIpc) is 2.73. The van der Waals surface area contributed by atoms with Crippen molar-refractivity contribution in [2.24, 2.45) is 5.92 Å². The summed E-state index contributed by atoms with van der Waals surface area (Å²) >= 11 is 0. The van der Waals surface area contributed by atoms with Gasteiger partial charge >= 0.3 is 0 Å². The van der Waals surface area contributed by atoms with Crippen LogP contribution >= 0.6 is 0 Å². The second-order valence-electron chi connectivity index (χ2n) is 7.10. The molecule has 3 rings (SSSR count). The fourth-order valence-corrected chi connectivity index (χ4v) is 3.47. The van der Waals surface area contributed by atoms with Crippen molar-refractivity contribution in [1.29, 1.82) is 5.26 Å². The first kappa shape index (κ1) is 19.6. The van der Waals surface area contributed by atoms with Gasteiger partial charge in [0.15, 0.2) is 0 Å². The monoisotopic (exact) mass is 377 g/mol. The van der Waals surface area contributed by atoms with Gasteiger partial charge in [-0.3, -0.25) is 4.79 Å². The molecule has 2 aromatic carbocycles. The third kappa shape index (κ3) is 5.43. The van der Waals surface area contributed by atoms with Gasteiger partial charge in [-0.05, 0) is 48.4 Å². The quantitative estimate of drug-likeness (QED) is 0.615. The van der Waals surface area contributed by atoms with Gasteiger partial charge in [0.05, 0.1) is 0 Å². The zero-order valence-corrected chi connectivity index (χ0v) is 15.8. The third-order valence-corrected chi connectivity index (χ3v) is 5.09. The number of nitriles is 1. The number of nitrogens with zero attached hydrogens (tertiary/aromatic N) is 2. The van der Waals surface area contributed by atoms with E-state index < -0.39 is 0 Å². The lowest BCUT2D eigenvalue weighted by molar-refractivity contribution is -0.128. The number of piperidine rings is 1. The number of carbonyl (C=O) groups is 1. The van der Waals surface area contributed by atoms with Crippen molar-refractivity contribution < 1.29 is 9.18 Å². The Labute approximate surface area is 165 Å².